The van der Waals surface area contributed by atoms with E-state index in [1.807, 2.05) is 0 Å². The Morgan fingerprint density at radius 1 is 1.43 bits per heavy atom. The minimum atomic E-state index is -0.486. The van der Waals surface area contributed by atoms with E-state index in [4.69, 9.17) is 4.74 Å². The van der Waals surface area contributed by atoms with E-state index >= 15 is 0 Å². The fraction of sp³-hybridized carbons (Fsp3) is 0.500. The lowest BCUT2D eigenvalue weighted by Crippen LogP contribution is -2.42. The van der Waals surface area contributed by atoms with Crippen LogP contribution in [0.4, 0.5) is 5.69 Å². The maximum absolute atomic E-state index is 12.1. The monoisotopic (exact) mass is 290 g/mol. The molecule has 21 heavy (non-hydrogen) atoms. The molecule has 1 atom stereocenters. The van der Waals surface area contributed by atoms with Gasteiger partial charge in [-0.15, -0.1) is 0 Å². The number of unbranched alkanes of at least 4 members (excludes halogenated alkanes) is 1. The minimum Gasteiger partial charge on any atom is -0.479 e. The number of likely N-dealkylation sites (N-methyl/N-ethyl adjacent to an activating group) is 1. The van der Waals surface area contributed by atoms with Crippen LogP contribution in [0.15, 0.2) is 18.2 Å². The molecule has 5 nitrogen and oxygen atoms in total. The second-order valence-corrected chi connectivity index (χ2v) is 5.29. The first-order chi connectivity index (χ1) is 10.0. The van der Waals surface area contributed by atoms with Crippen LogP contribution in [0.3, 0.4) is 0 Å². The number of carbonyl (C=O) groups is 2. The van der Waals surface area contributed by atoms with Crippen LogP contribution in [0, 0.1) is 0 Å². The van der Waals surface area contributed by atoms with Gasteiger partial charge in [0.15, 0.2) is 11.9 Å². The molecule has 0 aromatic heterocycles. The van der Waals surface area contributed by atoms with Gasteiger partial charge in [0, 0.05) is 12.6 Å². The van der Waals surface area contributed by atoms with Crippen molar-refractivity contribution in [2.75, 3.05) is 25.0 Å². The number of anilines is 1. The SMILES string of the molecule is CCCCNCC(=O)c1ccc2c(c1)N(C)C(=O)C(C)O2. The Hall–Kier alpha value is -1.88. The molecule has 1 aromatic carbocycles. The summed E-state index contributed by atoms with van der Waals surface area (Å²) in [4.78, 5) is 25.6. The van der Waals surface area contributed by atoms with Crippen molar-refractivity contribution in [1.82, 2.24) is 5.32 Å². The highest BCUT2D eigenvalue weighted by atomic mass is 16.5. The largest absolute Gasteiger partial charge is 0.479 e. The lowest BCUT2D eigenvalue weighted by Gasteiger charge is -2.30. The van der Waals surface area contributed by atoms with Crippen LogP contribution in [0.25, 0.3) is 0 Å². The molecule has 1 heterocycles. The molecule has 1 N–H and O–H groups in total. The fourth-order valence-electron chi connectivity index (χ4n) is 2.29. The van der Waals surface area contributed by atoms with E-state index < -0.39 is 6.10 Å². The molecule has 0 saturated carbocycles. The number of hydrogen-bond acceptors (Lipinski definition) is 4. The average molecular weight is 290 g/mol. The Balaban J connectivity index is 2.10. The van der Waals surface area contributed by atoms with E-state index in [0.29, 0.717) is 23.5 Å². The quantitative estimate of drug-likeness (QED) is 0.643. The predicted octanol–water partition coefficient (Wildman–Crippen LogP) is 2.00. The summed E-state index contributed by atoms with van der Waals surface area (Å²) in [5, 5.41) is 3.13. The van der Waals surface area contributed by atoms with Gasteiger partial charge < -0.3 is 15.0 Å². The third-order valence-corrected chi connectivity index (χ3v) is 3.62. The summed E-state index contributed by atoms with van der Waals surface area (Å²) < 4.78 is 5.54. The molecule has 0 radical (unpaired) electrons. The molecule has 1 amide bonds. The molecule has 1 aromatic rings. The fourth-order valence-corrected chi connectivity index (χ4v) is 2.29. The highest BCUT2D eigenvalue weighted by molar-refractivity contribution is 6.03. The zero-order valence-corrected chi connectivity index (χ0v) is 12.8. The van der Waals surface area contributed by atoms with Crippen LogP contribution >= 0.6 is 0 Å². The normalized spacial score (nSPS) is 17.4. The van der Waals surface area contributed by atoms with E-state index in [1.54, 1.807) is 37.1 Å². The molecule has 0 spiro atoms. The van der Waals surface area contributed by atoms with Gasteiger partial charge in [-0.2, -0.15) is 0 Å². The summed E-state index contributed by atoms with van der Waals surface area (Å²) in [7, 11) is 1.70. The van der Waals surface area contributed by atoms with Crippen LogP contribution in [-0.2, 0) is 4.79 Å². The van der Waals surface area contributed by atoms with Crippen LogP contribution in [0.1, 0.15) is 37.0 Å². The molecule has 1 unspecified atom stereocenters. The average Bonchev–Trinajstić information content (AvgIpc) is 2.49. The number of nitrogens with zero attached hydrogens (tertiary/aromatic N) is 1. The molecule has 0 fully saturated rings. The number of ketones is 1. The number of Topliss-reactive ketones (excluding diaryl/α,β-unsaturated/α-hetero) is 1. The summed E-state index contributed by atoms with van der Waals surface area (Å²) >= 11 is 0. The Morgan fingerprint density at radius 2 is 2.19 bits per heavy atom. The number of ether oxygens (including phenoxy) is 1. The van der Waals surface area contributed by atoms with E-state index in [-0.39, 0.29) is 11.7 Å². The first-order valence-corrected chi connectivity index (χ1v) is 7.36. The second-order valence-electron chi connectivity index (χ2n) is 5.29. The molecule has 1 aliphatic rings. The van der Waals surface area contributed by atoms with Crippen molar-refractivity contribution >= 4 is 17.4 Å². The summed E-state index contributed by atoms with van der Waals surface area (Å²) in [6.07, 6.45) is 1.67. The molecule has 0 saturated heterocycles. The Morgan fingerprint density at radius 3 is 2.90 bits per heavy atom. The molecular weight excluding hydrogens is 268 g/mol. The molecule has 0 bridgehead atoms. The maximum Gasteiger partial charge on any atom is 0.267 e. The maximum atomic E-state index is 12.1. The second kappa shape index (κ2) is 6.72. The molecule has 2 rings (SSSR count). The van der Waals surface area contributed by atoms with Crippen LogP contribution in [0.2, 0.25) is 0 Å². The van der Waals surface area contributed by atoms with Crippen molar-refractivity contribution in [3.8, 4) is 5.75 Å². The smallest absolute Gasteiger partial charge is 0.267 e. The summed E-state index contributed by atoms with van der Waals surface area (Å²) in [6.45, 7) is 4.99. The zero-order valence-electron chi connectivity index (χ0n) is 12.8. The minimum absolute atomic E-state index is 0.0216. The standard InChI is InChI=1S/C16H22N2O3/c1-4-5-8-17-10-14(19)12-6-7-15-13(9-12)18(3)16(20)11(2)21-15/h6-7,9,11,17H,4-5,8,10H2,1-3H3. The van der Waals surface area contributed by atoms with E-state index in [9.17, 15) is 9.59 Å². The molecule has 0 aliphatic carbocycles. The van der Waals surface area contributed by atoms with Crippen LogP contribution in [-0.4, -0.2) is 37.9 Å². The third kappa shape index (κ3) is 3.42. The van der Waals surface area contributed by atoms with Gasteiger partial charge in [0.2, 0.25) is 0 Å². The van der Waals surface area contributed by atoms with Crippen LogP contribution in [0.5, 0.6) is 5.75 Å². The number of benzene rings is 1. The van der Waals surface area contributed by atoms with Gasteiger partial charge >= 0.3 is 0 Å². The van der Waals surface area contributed by atoms with Gasteiger partial charge in [0.25, 0.3) is 5.91 Å². The van der Waals surface area contributed by atoms with Gasteiger partial charge in [-0.05, 0) is 38.1 Å². The number of amides is 1. The number of hydrogen-bond donors (Lipinski definition) is 1. The highest BCUT2D eigenvalue weighted by Gasteiger charge is 2.29. The van der Waals surface area contributed by atoms with Crippen molar-refractivity contribution in [2.45, 2.75) is 32.8 Å². The van der Waals surface area contributed by atoms with Crippen LogP contribution < -0.4 is 15.0 Å². The first kappa shape index (κ1) is 15.5. The zero-order chi connectivity index (χ0) is 15.4. The van der Waals surface area contributed by atoms with Crippen molar-refractivity contribution in [1.29, 1.82) is 0 Å². The van der Waals surface area contributed by atoms with E-state index in [0.717, 1.165) is 19.4 Å². The van der Waals surface area contributed by atoms with Crippen molar-refractivity contribution < 1.29 is 14.3 Å². The van der Waals surface area contributed by atoms with Gasteiger partial charge in [-0.1, -0.05) is 13.3 Å². The number of fused-ring (bicyclic) bond motifs is 1. The summed E-state index contributed by atoms with van der Waals surface area (Å²) in [5.74, 6) is 0.557. The van der Waals surface area contributed by atoms with Gasteiger partial charge in [0.1, 0.15) is 5.75 Å². The Bertz CT molecular complexity index is 542. The lowest BCUT2D eigenvalue weighted by molar-refractivity contribution is -0.125. The third-order valence-electron chi connectivity index (χ3n) is 3.62. The van der Waals surface area contributed by atoms with Crippen molar-refractivity contribution in [3.05, 3.63) is 23.8 Å². The molecule has 5 heteroatoms. The summed E-state index contributed by atoms with van der Waals surface area (Å²) in [5.41, 5.74) is 1.24. The highest BCUT2D eigenvalue weighted by Crippen LogP contribution is 2.33. The Kier molecular flexibility index (Phi) is 4.96. The van der Waals surface area contributed by atoms with Gasteiger partial charge in [-0.3, -0.25) is 9.59 Å². The predicted molar refractivity (Wildman–Crippen MR) is 82.1 cm³/mol. The van der Waals surface area contributed by atoms with Gasteiger partial charge in [0.05, 0.1) is 12.2 Å². The number of nitrogens with one attached hydrogen (secondary N) is 1. The molecular formula is C16H22N2O3. The molecule has 114 valence electrons. The van der Waals surface area contributed by atoms with Crippen molar-refractivity contribution in [2.24, 2.45) is 0 Å². The first-order valence-electron chi connectivity index (χ1n) is 7.36. The van der Waals surface area contributed by atoms with E-state index in [2.05, 4.69) is 12.2 Å². The van der Waals surface area contributed by atoms with Gasteiger partial charge in [-0.25, -0.2) is 0 Å². The Labute approximate surface area is 125 Å². The van der Waals surface area contributed by atoms with Crippen molar-refractivity contribution in [3.63, 3.8) is 0 Å². The molecule has 1 aliphatic heterocycles. The summed E-state index contributed by atoms with van der Waals surface area (Å²) in [6, 6.07) is 5.23. The lowest BCUT2D eigenvalue weighted by atomic mass is 10.1. The number of carbonyl (C=O) groups excluding carboxylic acids is 2. The topological polar surface area (TPSA) is 58.6 Å². The van der Waals surface area contributed by atoms with E-state index in [1.165, 1.54) is 0 Å². The number of rotatable bonds is 6.